The molecule has 1 N–H and O–H groups in total. The molecule has 140 valence electrons. The van der Waals surface area contributed by atoms with E-state index >= 15 is 0 Å². The summed E-state index contributed by atoms with van der Waals surface area (Å²) in [5.74, 6) is 0. The molecule has 0 aliphatic rings. The van der Waals surface area contributed by atoms with Gasteiger partial charge < -0.3 is 9.88 Å². The van der Waals surface area contributed by atoms with Crippen LogP contribution in [0.1, 0.15) is 29.2 Å². The fraction of sp³-hybridized carbons (Fsp3) is 0.273. The Balaban J connectivity index is 1.78. The SMILES string of the molecule is Cn1cc(CNC(CCc2ccccc2)c2ccccc2)c(=O)n(C)c1=O. The van der Waals surface area contributed by atoms with Gasteiger partial charge in [-0.1, -0.05) is 60.7 Å². The van der Waals surface area contributed by atoms with E-state index in [2.05, 4.69) is 41.7 Å². The minimum atomic E-state index is -0.313. The largest absolute Gasteiger partial charge is 0.330 e. The number of rotatable bonds is 7. The summed E-state index contributed by atoms with van der Waals surface area (Å²) in [6, 6.07) is 20.7. The van der Waals surface area contributed by atoms with Crippen molar-refractivity contribution in [2.24, 2.45) is 14.1 Å². The molecular formula is C22H25N3O2. The standard InChI is InChI=1S/C22H25N3O2/c1-24-16-19(21(26)25(2)22(24)27)15-23-20(18-11-7-4-8-12-18)14-13-17-9-5-3-6-10-17/h3-12,16,20,23H,13-15H2,1-2H3. The third-order valence-corrected chi connectivity index (χ3v) is 4.82. The molecule has 0 spiro atoms. The zero-order valence-electron chi connectivity index (χ0n) is 15.8. The molecular weight excluding hydrogens is 338 g/mol. The van der Waals surface area contributed by atoms with Crippen molar-refractivity contribution in [2.75, 3.05) is 0 Å². The van der Waals surface area contributed by atoms with Crippen LogP contribution in [0.5, 0.6) is 0 Å². The average Bonchev–Trinajstić information content (AvgIpc) is 2.71. The summed E-state index contributed by atoms with van der Waals surface area (Å²) in [7, 11) is 3.17. The molecule has 0 aliphatic heterocycles. The number of nitrogens with one attached hydrogen (secondary N) is 1. The van der Waals surface area contributed by atoms with Gasteiger partial charge >= 0.3 is 5.69 Å². The highest BCUT2D eigenvalue weighted by Gasteiger charge is 2.13. The number of benzene rings is 2. The van der Waals surface area contributed by atoms with E-state index in [1.54, 1.807) is 13.2 Å². The summed E-state index contributed by atoms with van der Waals surface area (Å²) in [6.07, 6.45) is 3.48. The van der Waals surface area contributed by atoms with Crippen molar-refractivity contribution < 1.29 is 0 Å². The van der Waals surface area contributed by atoms with Crippen LogP contribution in [-0.2, 0) is 27.1 Å². The van der Waals surface area contributed by atoms with Crippen molar-refractivity contribution in [2.45, 2.75) is 25.4 Å². The summed E-state index contributed by atoms with van der Waals surface area (Å²) in [6.45, 7) is 0.412. The Hall–Kier alpha value is -2.92. The second kappa shape index (κ2) is 8.64. The Morgan fingerprint density at radius 3 is 2.22 bits per heavy atom. The first-order valence-corrected chi connectivity index (χ1v) is 9.14. The third-order valence-electron chi connectivity index (χ3n) is 4.82. The first-order chi connectivity index (χ1) is 13.1. The monoisotopic (exact) mass is 363 g/mol. The molecule has 0 saturated heterocycles. The predicted molar refractivity (Wildman–Crippen MR) is 108 cm³/mol. The number of hydrogen-bond donors (Lipinski definition) is 1. The molecule has 27 heavy (non-hydrogen) atoms. The van der Waals surface area contributed by atoms with Gasteiger partial charge in [0.15, 0.2) is 0 Å². The van der Waals surface area contributed by atoms with Gasteiger partial charge in [-0.2, -0.15) is 0 Å². The zero-order chi connectivity index (χ0) is 19.2. The van der Waals surface area contributed by atoms with Gasteiger partial charge in [-0.15, -0.1) is 0 Å². The Bertz CT molecular complexity index is 992. The maximum absolute atomic E-state index is 12.4. The quantitative estimate of drug-likeness (QED) is 0.702. The van der Waals surface area contributed by atoms with E-state index in [0.717, 1.165) is 17.4 Å². The van der Waals surface area contributed by atoms with Crippen LogP contribution in [0.3, 0.4) is 0 Å². The molecule has 0 aliphatic carbocycles. The van der Waals surface area contributed by atoms with Crippen molar-refractivity contribution in [1.29, 1.82) is 0 Å². The molecule has 5 heteroatoms. The Labute approximate surface area is 158 Å². The summed E-state index contributed by atoms with van der Waals surface area (Å²) < 4.78 is 2.60. The second-order valence-corrected chi connectivity index (χ2v) is 6.78. The molecule has 1 unspecified atom stereocenters. The van der Waals surface area contributed by atoms with Crippen LogP contribution >= 0.6 is 0 Å². The molecule has 0 amide bonds. The summed E-state index contributed by atoms with van der Waals surface area (Å²) >= 11 is 0. The van der Waals surface area contributed by atoms with Crippen LogP contribution in [0, 0.1) is 0 Å². The van der Waals surface area contributed by atoms with E-state index in [-0.39, 0.29) is 17.3 Å². The molecule has 3 rings (SSSR count). The number of aryl methyl sites for hydroxylation is 2. The Kier molecular flexibility index (Phi) is 6.04. The third kappa shape index (κ3) is 4.63. The van der Waals surface area contributed by atoms with E-state index in [4.69, 9.17) is 0 Å². The van der Waals surface area contributed by atoms with Gasteiger partial charge in [-0.05, 0) is 24.0 Å². The summed E-state index contributed by atoms with van der Waals surface area (Å²) in [5, 5.41) is 3.51. The Morgan fingerprint density at radius 1 is 0.926 bits per heavy atom. The highest BCUT2D eigenvalue weighted by molar-refractivity contribution is 5.21. The minimum Gasteiger partial charge on any atom is -0.306 e. The number of nitrogens with zero attached hydrogens (tertiary/aromatic N) is 2. The van der Waals surface area contributed by atoms with Gasteiger partial charge in [-0.3, -0.25) is 9.36 Å². The highest BCUT2D eigenvalue weighted by Crippen LogP contribution is 2.19. The topological polar surface area (TPSA) is 56.0 Å². The second-order valence-electron chi connectivity index (χ2n) is 6.78. The fourth-order valence-corrected chi connectivity index (χ4v) is 3.27. The first-order valence-electron chi connectivity index (χ1n) is 9.14. The van der Waals surface area contributed by atoms with Crippen LogP contribution < -0.4 is 16.6 Å². The van der Waals surface area contributed by atoms with Crippen molar-refractivity contribution in [3.63, 3.8) is 0 Å². The lowest BCUT2D eigenvalue weighted by Gasteiger charge is -2.20. The van der Waals surface area contributed by atoms with Crippen molar-refractivity contribution in [1.82, 2.24) is 14.5 Å². The smallest absolute Gasteiger partial charge is 0.306 e. The molecule has 1 heterocycles. The molecule has 0 radical (unpaired) electrons. The van der Waals surface area contributed by atoms with Crippen LogP contribution in [0.25, 0.3) is 0 Å². The van der Waals surface area contributed by atoms with E-state index in [9.17, 15) is 9.59 Å². The fourth-order valence-electron chi connectivity index (χ4n) is 3.27. The number of aromatic nitrogens is 2. The maximum atomic E-state index is 12.4. The van der Waals surface area contributed by atoms with Gasteiger partial charge in [0.05, 0.1) is 0 Å². The normalized spacial score (nSPS) is 12.1. The average molecular weight is 363 g/mol. The molecule has 5 nitrogen and oxygen atoms in total. The lowest BCUT2D eigenvalue weighted by molar-refractivity contribution is 0.492. The predicted octanol–water partition coefficient (Wildman–Crippen LogP) is 2.55. The van der Waals surface area contributed by atoms with Crippen molar-refractivity contribution in [3.8, 4) is 0 Å². The summed E-state index contributed by atoms with van der Waals surface area (Å²) in [5.41, 5.74) is 2.50. The van der Waals surface area contributed by atoms with E-state index in [0.29, 0.717) is 12.1 Å². The van der Waals surface area contributed by atoms with Crippen LogP contribution in [0.2, 0.25) is 0 Å². The van der Waals surface area contributed by atoms with Gasteiger partial charge in [0, 0.05) is 38.4 Å². The van der Waals surface area contributed by atoms with Crippen LogP contribution in [0.4, 0.5) is 0 Å². The molecule has 1 aromatic heterocycles. The minimum absolute atomic E-state index is 0.119. The summed E-state index contributed by atoms with van der Waals surface area (Å²) in [4.78, 5) is 24.2. The molecule has 2 aromatic carbocycles. The van der Waals surface area contributed by atoms with Crippen molar-refractivity contribution >= 4 is 0 Å². The van der Waals surface area contributed by atoms with Crippen molar-refractivity contribution in [3.05, 3.63) is 104 Å². The Morgan fingerprint density at radius 2 is 1.56 bits per heavy atom. The van der Waals surface area contributed by atoms with Gasteiger partial charge in [0.25, 0.3) is 5.56 Å². The molecule has 0 bridgehead atoms. The molecule has 0 fully saturated rings. The maximum Gasteiger partial charge on any atom is 0.330 e. The van der Waals surface area contributed by atoms with Gasteiger partial charge in [0.2, 0.25) is 0 Å². The highest BCUT2D eigenvalue weighted by atomic mass is 16.2. The molecule has 0 saturated carbocycles. The zero-order valence-corrected chi connectivity index (χ0v) is 15.8. The lowest BCUT2D eigenvalue weighted by atomic mass is 9.99. The number of hydrogen-bond acceptors (Lipinski definition) is 3. The van der Waals surface area contributed by atoms with E-state index in [1.807, 2.05) is 24.3 Å². The molecule has 1 atom stereocenters. The first kappa shape index (κ1) is 18.9. The van der Waals surface area contributed by atoms with Crippen LogP contribution in [0.15, 0.2) is 76.4 Å². The van der Waals surface area contributed by atoms with Crippen LogP contribution in [-0.4, -0.2) is 9.13 Å². The lowest BCUT2D eigenvalue weighted by Crippen LogP contribution is -2.39. The van der Waals surface area contributed by atoms with Gasteiger partial charge in [0.1, 0.15) is 0 Å². The van der Waals surface area contributed by atoms with E-state index < -0.39 is 0 Å². The molecule has 3 aromatic rings. The van der Waals surface area contributed by atoms with E-state index in [1.165, 1.54) is 22.7 Å². The van der Waals surface area contributed by atoms with Gasteiger partial charge in [-0.25, -0.2) is 4.79 Å².